The number of benzene rings is 2. The van der Waals surface area contributed by atoms with E-state index in [1.165, 1.54) is 17.1 Å². The van der Waals surface area contributed by atoms with E-state index in [1.54, 1.807) is 10.8 Å². The largest absolute Gasteiger partial charge is 0.387 e. The van der Waals surface area contributed by atoms with Crippen LogP contribution in [0.15, 0.2) is 66.9 Å². The molecule has 12 nitrogen and oxygen atoms in total. The third-order valence-corrected chi connectivity index (χ3v) is 10.1. The second kappa shape index (κ2) is 17.4. The number of ketones is 1. The van der Waals surface area contributed by atoms with Crippen LogP contribution in [-0.4, -0.2) is 86.2 Å². The summed E-state index contributed by atoms with van der Waals surface area (Å²) in [5, 5.41) is 12.9. The maximum atomic E-state index is 15.0. The zero-order valence-corrected chi connectivity index (χ0v) is 30.8. The van der Waals surface area contributed by atoms with Crippen LogP contribution in [0.1, 0.15) is 70.3 Å². The molecule has 14 heteroatoms. The fraction of sp³-hybridized carbons (Fsp3) is 0.450. The van der Waals surface area contributed by atoms with E-state index < -0.39 is 59.4 Å². The van der Waals surface area contributed by atoms with Crippen molar-refractivity contribution >= 4 is 29.4 Å². The van der Waals surface area contributed by atoms with E-state index in [2.05, 4.69) is 5.32 Å². The fourth-order valence-electron chi connectivity index (χ4n) is 7.41. The molecule has 0 unspecified atom stereocenters. The van der Waals surface area contributed by atoms with Crippen LogP contribution < -0.4 is 11.1 Å². The summed E-state index contributed by atoms with van der Waals surface area (Å²) in [5.74, 6) is -3.59. The van der Waals surface area contributed by atoms with Gasteiger partial charge >= 0.3 is 0 Å². The summed E-state index contributed by atoms with van der Waals surface area (Å²) in [6, 6.07) is 10.8. The van der Waals surface area contributed by atoms with Crippen molar-refractivity contribution in [3.63, 3.8) is 0 Å². The summed E-state index contributed by atoms with van der Waals surface area (Å²) < 4.78 is 31.1. The Labute approximate surface area is 313 Å². The number of aliphatic hydroxyl groups is 1. The first-order valence-electron chi connectivity index (χ1n) is 18.2. The molecule has 3 aromatic rings. The number of nitrogens with two attached hydrogens (primary N) is 1. The second-order valence-corrected chi connectivity index (χ2v) is 15.1. The zero-order chi connectivity index (χ0) is 39.2. The smallest absolute Gasteiger partial charge is 0.253 e. The van der Waals surface area contributed by atoms with Crippen molar-refractivity contribution in [1.29, 1.82) is 0 Å². The van der Waals surface area contributed by atoms with Crippen LogP contribution in [0.3, 0.4) is 0 Å². The van der Waals surface area contributed by atoms with Crippen LogP contribution in [-0.2, 0) is 30.5 Å². The molecular formula is C40H48F2N6O6. The number of carbonyl (C=O) groups is 5. The van der Waals surface area contributed by atoms with Gasteiger partial charge < -0.3 is 25.6 Å². The van der Waals surface area contributed by atoms with Crippen molar-refractivity contribution in [2.75, 3.05) is 26.2 Å². The molecule has 1 aromatic heterocycles. The highest BCUT2D eigenvalue weighted by atomic mass is 19.1. The van der Waals surface area contributed by atoms with Crippen molar-refractivity contribution in [3.8, 4) is 11.3 Å². The number of aliphatic hydroxyl groups excluding tert-OH is 1. The lowest BCUT2D eigenvalue weighted by Gasteiger charge is -2.40. The van der Waals surface area contributed by atoms with Crippen molar-refractivity contribution in [3.05, 3.63) is 89.9 Å². The molecule has 0 bridgehead atoms. The Balaban J connectivity index is 1.32. The first-order valence-corrected chi connectivity index (χ1v) is 18.2. The van der Waals surface area contributed by atoms with E-state index in [1.807, 2.05) is 51.1 Å². The fourth-order valence-corrected chi connectivity index (χ4v) is 7.41. The normalized spacial score (nSPS) is 18.2. The average molecular weight is 747 g/mol. The third-order valence-electron chi connectivity index (χ3n) is 10.1. The predicted octanol–water partition coefficient (Wildman–Crippen LogP) is 3.92. The van der Waals surface area contributed by atoms with Gasteiger partial charge in [0.15, 0.2) is 0 Å². The van der Waals surface area contributed by atoms with Gasteiger partial charge in [-0.3, -0.25) is 28.9 Å². The minimum absolute atomic E-state index is 0.0204. The SMILES string of the molecule is CC(C)(C)[C@H](c1nc(-c2cc(F)ccc2F)cn1Cc1ccccc1)N(CC[C@H](N)C(=O)C[C@H]1CCC[C@H]1C(=O)NCCN1C(=O)C=CC1=O)C(=O)CO. The summed E-state index contributed by atoms with van der Waals surface area (Å²) in [6.45, 7) is 5.29. The lowest BCUT2D eigenvalue weighted by Crippen LogP contribution is -2.46. The van der Waals surface area contributed by atoms with Crippen LogP contribution in [0.5, 0.6) is 0 Å². The van der Waals surface area contributed by atoms with Gasteiger partial charge in [-0.2, -0.15) is 0 Å². The number of halogens is 2. The van der Waals surface area contributed by atoms with Crippen LogP contribution >= 0.6 is 0 Å². The quantitative estimate of drug-likeness (QED) is 0.186. The Bertz CT molecular complexity index is 1870. The van der Waals surface area contributed by atoms with E-state index in [0.29, 0.717) is 25.2 Å². The van der Waals surface area contributed by atoms with Crippen molar-refractivity contribution in [2.24, 2.45) is 23.0 Å². The van der Waals surface area contributed by atoms with Crippen LogP contribution in [0, 0.1) is 28.9 Å². The number of Topliss-reactive ketones (excluding diaryl/α,β-unsaturated/α-hetero) is 1. The molecule has 1 aliphatic heterocycles. The minimum atomic E-state index is -0.982. The first-order chi connectivity index (χ1) is 25.7. The number of hydrogen-bond acceptors (Lipinski definition) is 8. The minimum Gasteiger partial charge on any atom is -0.387 e. The van der Waals surface area contributed by atoms with E-state index in [0.717, 1.165) is 35.1 Å². The molecule has 2 aromatic carbocycles. The van der Waals surface area contributed by atoms with Gasteiger partial charge in [-0.1, -0.05) is 57.5 Å². The van der Waals surface area contributed by atoms with E-state index >= 15 is 4.39 Å². The zero-order valence-electron chi connectivity index (χ0n) is 30.8. The van der Waals surface area contributed by atoms with Crippen LogP contribution in [0.2, 0.25) is 0 Å². The molecule has 1 aliphatic carbocycles. The topological polar surface area (TPSA) is 168 Å². The molecule has 4 atom stereocenters. The van der Waals surface area contributed by atoms with Crippen molar-refractivity contribution < 1.29 is 37.9 Å². The Morgan fingerprint density at radius 1 is 1.06 bits per heavy atom. The highest BCUT2D eigenvalue weighted by Gasteiger charge is 2.39. The summed E-state index contributed by atoms with van der Waals surface area (Å²) in [4.78, 5) is 71.0. The number of nitrogens with one attached hydrogen (secondary N) is 1. The monoisotopic (exact) mass is 746 g/mol. The molecule has 1 saturated carbocycles. The average Bonchev–Trinajstić information content (AvgIpc) is 3.85. The Morgan fingerprint density at radius 2 is 1.76 bits per heavy atom. The molecule has 1 fully saturated rings. The predicted molar refractivity (Wildman–Crippen MR) is 196 cm³/mol. The summed E-state index contributed by atoms with van der Waals surface area (Å²) >= 11 is 0. The summed E-state index contributed by atoms with van der Waals surface area (Å²) in [6.07, 6.45) is 6.09. The molecule has 2 aliphatic rings. The molecule has 0 radical (unpaired) electrons. The lowest BCUT2D eigenvalue weighted by molar-refractivity contribution is -0.140. The molecule has 54 heavy (non-hydrogen) atoms. The second-order valence-electron chi connectivity index (χ2n) is 15.1. The molecule has 2 heterocycles. The van der Waals surface area contributed by atoms with Gasteiger partial charge in [-0.15, -0.1) is 0 Å². The van der Waals surface area contributed by atoms with Gasteiger partial charge in [0.2, 0.25) is 11.8 Å². The van der Waals surface area contributed by atoms with Crippen molar-refractivity contribution in [2.45, 2.75) is 71.5 Å². The van der Waals surface area contributed by atoms with Gasteiger partial charge in [0.25, 0.3) is 11.8 Å². The third kappa shape index (κ3) is 9.52. The van der Waals surface area contributed by atoms with E-state index in [9.17, 15) is 33.5 Å². The number of rotatable bonds is 16. The first kappa shape index (κ1) is 40.1. The Morgan fingerprint density at radius 3 is 2.43 bits per heavy atom. The number of nitrogens with zero attached hydrogens (tertiary/aromatic N) is 4. The number of amides is 4. The highest BCUT2D eigenvalue weighted by molar-refractivity contribution is 6.12. The molecule has 288 valence electrons. The number of imidazole rings is 1. The molecule has 4 amide bonds. The molecule has 0 saturated heterocycles. The van der Waals surface area contributed by atoms with E-state index in [4.69, 9.17) is 10.7 Å². The highest BCUT2D eigenvalue weighted by Crippen LogP contribution is 2.40. The maximum absolute atomic E-state index is 15.0. The number of carbonyl (C=O) groups excluding carboxylic acids is 5. The van der Waals surface area contributed by atoms with Crippen LogP contribution in [0.4, 0.5) is 8.78 Å². The standard InChI is InChI=1S/C40H48F2N6O6/c1-40(2,3)37(38-45-32(29-21-27(41)12-13-30(29)42)23-46(38)22-25-8-5-4-6-9-25)48(36(53)24-49)18-16-31(43)33(50)20-26-10-7-11-28(26)39(54)44-17-19-47-34(51)14-15-35(47)52/h4-6,8-9,12-15,21,23,26,28,31,37,49H,7,10-11,16-20,22,24,43H2,1-3H3,(H,44,54)/t26-,28-,31+,37+/m1/s1. The summed E-state index contributed by atoms with van der Waals surface area (Å²) in [5.41, 5.74) is 6.77. The molecule has 4 N–H and O–H groups in total. The Hall–Kier alpha value is -5.08. The van der Waals surface area contributed by atoms with Gasteiger partial charge in [0.05, 0.1) is 17.8 Å². The molecular weight excluding hydrogens is 698 g/mol. The van der Waals surface area contributed by atoms with Crippen LogP contribution in [0.25, 0.3) is 11.3 Å². The molecule has 5 rings (SSSR count). The molecule has 0 spiro atoms. The lowest BCUT2D eigenvalue weighted by atomic mass is 9.84. The van der Waals surface area contributed by atoms with Gasteiger partial charge in [0.1, 0.15) is 29.8 Å². The maximum Gasteiger partial charge on any atom is 0.253 e. The Kier molecular flexibility index (Phi) is 12.9. The van der Waals surface area contributed by atoms with Gasteiger partial charge in [-0.05, 0) is 54.4 Å². The number of aromatic nitrogens is 2. The number of hydrogen-bond donors (Lipinski definition) is 3. The summed E-state index contributed by atoms with van der Waals surface area (Å²) in [7, 11) is 0. The number of imide groups is 1. The van der Waals surface area contributed by atoms with E-state index in [-0.39, 0.29) is 61.3 Å². The van der Waals surface area contributed by atoms with Gasteiger partial charge in [-0.25, -0.2) is 13.8 Å². The van der Waals surface area contributed by atoms with Crippen molar-refractivity contribution in [1.82, 2.24) is 24.7 Å². The van der Waals surface area contributed by atoms with Gasteiger partial charge in [0, 0.05) is 62.4 Å².